The van der Waals surface area contributed by atoms with Crippen molar-refractivity contribution in [3.8, 4) is 11.5 Å². The number of hydrogen-bond acceptors (Lipinski definition) is 5. The van der Waals surface area contributed by atoms with Crippen molar-refractivity contribution in [2.45, 2.75) is 43.2 Å². The van der Waals surface area contributed by atoms with Gasteiger partial charge >= 0.3 is 6.36 Å². The molecule has 0 fully saturated rings. The highest BCUT2D eigenvalue weighted by Gasteiger charge is 2.35. The fraction of sp³-hybridized carbons (Fsp3) is 0.240. The summed E-state index contributed by atoms with van der Waals surface area (Å²) in [5, 5.41) is 2.86. The molecule has 5 nitrogen and oxygen atoms in total. The molecular formula is C25H22BrF3N2O3S. The van der Waals surface area contributed by atoms with Crippen molar-refractivity contribution in [1.82, 2.24) is 4.72 Å². The smallest absolute Gasteiger partial charge is 0.487 e. The standard InChI is InChI=1S/C25H22BrF3N2O3S/c1-24(2)14-19(31-35-22-6-4-3-5-21(22)34-25(27,28)29)18-13-15(7-12-20(18)33-24)23(32)30-17-10-8-16(26)9-11-17/h3-13,19,31H,14H2,1-2H3,(H,30,32). The Morgan fingerprint density at radius 3 is 2.54 bits per heavy atom. The molecule has 10 heteroatoms. The molecule has 3 aromatic rings. The molecule has 1 aliphatic heterocycles. The van der Waals surface area contributed by atoms with Gasteiger partial charge in [0.15, 0.2) is 0 Å². The number of benzene rings is 3. The predicted molar refractivity (Wildman–Crippen MR) is 133 cm³/mol. The third-order valence-corrected chi connectivity index (χ3v) is 6.71. The minimum Gasteiger partial charge on any atom is -0.487 e. The number of hydrogen-bond donors (Lipinski definition) is 2. The van der Waals surface area contributed by atoms with E-state index in [-0.39, 0.29) is 17.7 Å². The summed E-state index contributed by atoms with van der Waals surface area (Å²) in [4.78, 5) is 13.2. The van der Waals surface area contributed by atoms with Crippen LogP contribution in [0.3, 0.4) is 0 Å². The van der Waals surface area contributed by atoms with Crippen LogP contribution in [0.1, 0.15) is 42.2 Å². The van der Waals surface area contributed by atoms with Gasteiger partial charge < -0.3 is 14.8 Å². The maximum atomic E-state index is 12.9. The van der Waals surface area contributed by atoms with Gasteiger partial charge in [0.2, 0.25) is 0 Å². The van der Waals surface area contributed by atoms with Gasteiger partial charge in [0, 0.05) is 33.7 Å². The van der Waals surface area contributed by atoms with Crippen molar-refractivity contribution < 1.29 is 27.4 Å². The van der Waals surface area contributed by atoms with E-state index in [0.717, 1.165) is 22.0 Å². The Kier molecular flexibility index (Phi) is 7.35. The van der Waals surface area contributed by atoms with E-state index in [0.29, 0.717) is 28.3 Å². The molecular weight excluding hydrogens is 545 g/mol. The number of rotatable bonds is 6. The van der Waals surface area contributed by atoms with Crippen LogP contribution < -0.4 is 19.5 Å². The Balaban J connectivity index is 1.56. The van der Waals surface area contributed by atoms with Crippen LogP contribution in [-0.4, -0.2) is 17.9 Å². The molecule has 4 rings (SSSR count). The zero-order valence-corrected chi connectivity index (χ0v) is 21.2. The van der Waals surface area contributed by atoms with Crippen LogP contribution in [-0.2, 0) is 0 Å². The lowest BCUT2D eigenvalue weighted by atomic mass is 9.89. The van der Waals surface area contributed by atoms with Crippen LogP contribution in [0.2, 0.25) is 0 Å². The van der Waals surface area contributed by atoms with Gasteiger partial charge in [-0.05, 0) is 80.4 Å². The van der Waals surface area contributed by atoms with E-state index in [1.807, 2.05) is 26.0 Å². The lowest BCUT2D eigenvalue weighted by Crippen LogP contribution is -2.38. The summed E-state index contributed by atoms with van der Waals surface area (Å²) in [5.74, 6) is 0.0429. The first-order chi connectivity index (χ1) is 16.5. The molecule has 0 bridgehead atoms. The molecule has 184 valence electrons. The van der Waals surface area contributed by atoms with Crippen molar-refractivity contribution in [2.24, 2.45) is 0 Å². The lowest BCUT2D eigenvalue weighted by molar-refractivity contribution is -0.275. The lowest BCUT2D eigenvalue weighted by Gasteiger charge is -2.38. The van der Waals surface area contributed by atoms with Gasteiger partial charge in [0.25, 0.3) is 5.91 Å². The minimum atomic E-state index is -4.79. The first-order valence-corrected chi connectivity index (χ1v) is 12.3. The van der Waals surface area contributed by atoms with Crippen LogP contribution in [0.25, 0.3) is 0 Å². The van der Waals surface area contributed by atoms with Crippen LogP contribution in [0.15, 0.2) is 76.1 Å². The number of carbonyl (C=O) groups excluding carboxylic acids is 1. The number of halogens is 4. The maximum Gasteiger partial charge on any atom is 0.573 e. The van der Waals surface area contributed by atoms with E-state index in [2.05, 4.69) is 30.7 Å². The predicted octanol–water partition coefficient (Wildman–Crippen LogP) is 7.50. The first kappa shape index (κ1) is 25.4. The highest BCUT2D eigenvalue weighted by molar-refractivity contribution is 9.10. The van der Waals surface area contributed by atoms with E-state index in [4.69, 9.17) is 4.74 Å². The second-order valence-corrected chi connectivity index (χ2v) is 10.3. The van der Waals surface area contributed by atoms with Crippen molar-refractivity contribution >= 4 is 39.5 Å². The van der Waals surface area contributed by atoms with Crippen LogP contribution in [0.5, 0.6) is 11.5 Å². The Bertz CT molecular complexity index is 1220. The molecule has 0 spiro atoms. The zero-order valence-electron chi connectivity index (χ0n) is 18.8. The molecule has 35 heavy (non-hydrogen) atoms. The molecule has 3 aromatic carbocycles. The molecule has 0 aromatic heterocycles. The number of para-hydroxylation sites is 1. The summed E-state index contributed by atoms with van der Waals surface area (Å²) in [7, 11) is 0. The van der Waals surface area contributed by atoms with Crippen LogP contribution in [0.4, 0.5) is 18.9 Å². The van der Waals surface area contributed by atoms with Crippen molar-refractivity contribution in [3.05, 3.63) is 82.3 Å². The summed E-state index contributed by atoms with van der Waals surface area (Å²) in [6.07, 6.45) is -4.26. The second kappa shape index (κ2) is 10.1. The molecule has 1 amide bonds. The number of anilines is 1. The minimum absolute atomic E-state index is 0.282. The fourth-order valence-corrected chi connectivity index (χ4v) is 4.82. The normalized spacial score (nSPS) is 16.7. The topological polar surface area (TPSA) is 59.6 Å². The van der Waals surface area contributed by atoms with Gasteiger partial charge in [-0.1, -0.05) is 28.1 Å². The molecule has 1 atom stereocenters. The monoisotopic (exact) mass is 566 g/mol. The highest BCUT2D eigenvalue weighted by atomic mass is 79.9. The average molecular weight is 567 g/mol. The van der Waals surface area contributed by atoms with E-state index in [1.54, 1.807) is 42.5 Å². The number of amides is 1. The molecule has 1 aliphatic rings. The van der Waals surface area contributed by atoms with Crippen molar-refractivity contribution in [3.63, 3.8) is 0 Å². The molecule has 0 radical (unpaired) electrons. The molecule has 0 saturated heterocycles. The number of nitrogens with one attached hydrogen (secondary N) is 2. The first-order valence-electron chi connectivity index (χ1n) is 10.7. The van der Waals surface area contributed by atoms with Gasteiger partial charge in [-0.25, -0.2) is 0 Å². The molecule has 1 unspecified atom stereocenters. The quantitative estimate of drug-likeness (QED) is 0.302. The summed E-state index contributed by atoms with van der Waals surface area (Å²) < 4.78 is 52.8. The number of carbonyl (C=O) groups is 1. The van der Waals surface area contributed by atoms with Gasteiger partial charge in [-0.15, -0.1) is 13.2 Å². The average Bonchev–Trinajstić information content (AvgIpc) is 2.78. The largest absolute Gasteiger partial charge is 0.573 e. The third kappa shape index (κ3) is 6.71. The third-order valence-electron chi connectivity index (χ3n) is 5.22. The van der Waals surface area contributed by atoms with E-state index in [1.165, 1.54) is 12.1 Å². The SMILES string of the molecule is CC1(C)CC(NSc2ccccc2OC(F)(F)F)c2cc(C(=O)Nc3ccc(Br)cc3)ccc2O1. The van der Waals surface area contributed by atoms with Gasteiger partial charge in [0.1, 0.15) is 17.1 Å². The Hall–Kier alpha value is -2.69. The van der Waals surface area contributed by atoms with E-state index in [9.17, 15) is 18.0 Å². The summed E-state index contributed by atoms with van der Waals surface area (Å²) in [6.45, 7) is 3.87. The Morgan fingerprint density at radius 1 is 1.11 bits per heavy atom. The van der Waals surface area contributed by atoms with Gasteiger partial charge in [0.05, 0.1) is 4.90 Å². The summed E-state index contributed by atoms with van der Waals surface area (Å²) in [6, 6.07) is 18.0. The zero-order chi connectivity index (χ0) is 25.2. The molecule has 1 heterocycles. The highest BCUT2D eigenvalue weighted by Crippen LogP contribution is 2.42. The number of fused-ring (bicyclic) bond motifs is 1. The van der Waals surface area contributed by atoms with Crippen LogP contribution >= 0.6 is 27.9 Å². The summed E-state index contributed by atoms with van der Waals surface area (Å²) in [5.41, 5.74) is 1.32. The van der Waals surface area contributed by atoms with Gasteiger partial charge in [-0.2, -0.15) is 0 Å². The molecule has 2 N–H and O–H groups in total. The Morgan fingerprint density at radius 2 is 1.83 bits per heavy atom. The van der Waals surface area contributed by atoms with E-state index < -0.39 is 12.0 Å². The summed E-state index contributed by atoms with van der Waals surface area (Å²) >= 11 is 4.41. The van der Waals surface area contributed by atoms with Crippen molar-refractivity contribution in [2.75, 3.05) is 5.32 Å². The molecule has 0 aliphatic carbocycles. The second-order valence-electron chi connectivity index (χ2n) is 8.55. The number of alkyl halides is 3. The fourth-order valence-electron chi connectivity index (χ4n) is 3.72. The van der Waals surface area contributed by atoms with Gasteiger partial charge in [-0.3, -0.25) is 9.52 Å². The maximum absolute atomic E-state index is 12.9. The van der Waals surface area contributed by atoms with Crippen LogP contribution in [0, 0.1) is 0 Å². The number of ether oxygens (including phenoxy) is 2. The van der Waals surface area contributed by atoms with Crippen molar-refractivity contribution in [1.29, 1.82) is 0 Å². The molecule has 0 saturated carbocycles. The Labute approximate surface area is 213 Å². The van der Waals surface area contributed by atoms with E-state index >= 15 is 0 Å².